The first-order valence-corrected chi connectivity index (χ1v) is 7.05. The molecule has 2 aliphatic rings. The van der Waals surface area contributed by atoms with Crippen LogP contribution in [0.4, 0.5) is 0 Å². The van der Waals surface area contributed by atoms with Crippen LogP contribution in [0.1, 0.15) is 18.4 Å². The Balaban J connectivity index is 1.53. The first-order valence-electron chi connectivity index (χ1n) is 7.05. The summed E-state index contributed by atoms with van der Waals surface area (Å²) >= 11 is 0. The zero-order chi connectivity index (χ0) is 13.1. The molecule has 4 heteroatoms. The number of rotatable bonds is 6. The number of hydrogen-bond donors (Lipinski definition) is 2. The van der Waals surface area contributed by atoms with E-state index < -0.39 is 0 Å². The van der Waals surface area contributed by atoms with E-state index in [2.05, 4.69) is 22.8 Å². The lowest BCUT2D eigenvalue weighted by atomic mass is 10.1. The van der Waals surface area contributed by atoms with Gasteiger partial charge in [-0.1, -0.05) is 6.07 Å². The molecule has 0 saturated heterocycles. The summed E-state index contributed by atoms with van der Waals surface area (Å²) in [5.41, 5.74) is 1.76. The van der Waals surface area contributed by atoms with Gasteiger partial charge in [0.05, 0.1) is 0 Å². The molecule has 0 spiro atoms. The molecule has 4 nitrogen and oxygen atoms in total. The van der Waals surface area contributed by atoms with E-state index in [9.17, 15) is 0 Å². The van der Waals surface area contributed by atoms with Crippen LogP contribution in [0.25, 0.3) is 0 Å². The van der Waals surface area contributed by atoms with Crippen LogP contribution >= 0.6 is 0 Å². The lowest BCUT2D eigenvalue weighted by Gasteiger charge is -2.19. The predicted octanol–water partition coefficient (Wildman–Crippen LogP) is 1.55. The highest BCUT2D eigenvalue weighted by atomic mass is 16.6. The highest BCUT2D eigenvalue weighted by Crippen LogP contribution is 2.44. The van der Waals surface area contributed by atoms with Gasteiger partial charge in [-0.3, -0.25) is 0 Å². The molecule has 1 aliphatic carbocycles. The summed E-state index contributed by atoms with van der Waals surface area (Å²) in [7, 11) is 2.03. The van der Waals surface area contributed by atoms with Gasteiger partial charge in [-0.05, 0) is 43.0 Å². The van der Waals surface area contributed by atoms with E-state index in [1.54, 1.807) is 0 Å². The fraction of sp³-hybridized carbons (Fsp3) is 0.600. The standard InChI is InChI=1S/C15H22N2O2/c1-16-10-15(4-5-15)11-17-9-12-2-3-13-14(8-12)19-7-6-18-13/h2-3,8,16-17H,4-7,9-11H2,1H3. The topological polar surface area (TPSA) is 42.5 Å². The summed E-state index contributed by atoms with van der Waals surface area (Å²) in [6.07, 6.45) is 2.67. The average molecular weight is 262 g/mol. The fourth-order valence-electron chi connectivity index (χ4n) is 2.64. The molecule has 104 valence electrons. The molecule has 0 amide bonds. The molecule has 1 aliphatic heterocycles. The van der Waals surface area contributed by atoms with E-state index in [0.717, 1.165) is 31.1 Å². The van der Waals surface area contributed by atoms with Gasteiger partial charge in [0.25, 0.3) is 0 Å². The molecule has 1 saturated carbocycles. The van der Waals surface area contributed by atoms with Gasteiger partial charge in [0.15, 0.2) is 11.5 Å². The highest BCUT2D eigenvalue weighted by Gasteiger charge is 2.41. The molecule has 0 radical (unpaired) electrons. The van der Waals surface area contributed by atoms with E-state index >= 15 is 0 Å². The molecule has 1 heterocycles. The Hall–Kier alpha value is -1.26. The largest absolute Gasteiger partial charge is 0.486 e. The average Bonchev–Trinajstić information content (AvgIpc) is 3.19. The molecule has 3 rings (SSSR count). The van der Waals surface area contributed by atoms with Crippen LogP contribution < -0.4 is 20.1 Å². The summed E-state index contributed by atoms with van der Waals surface area (Å²) in [5.74, 6) is 1.74. The van der Waals surface area contributed by atoms with E-state index in [1.165, 1.54) is 18.4 Å². The zero-order valence-corrected chi connectivity index (χ0v) is 11.5. The van der Waals surface area contributed by atoms with Crippen LogP contribution in [0.3, 0.4) is 0 Å². The van der Waals surface area contributed by atoms with Crippen LogP contribution in [-0.4, -0.2) is 33.4 Å². The van der Waals surface area contributed by atoms with E-state index in [0.29, 0.717) is 18.6 Å². The third-order valence-corrected chi connectivity index (χ3v) is 3.94. The Morgan fingerprint density at radius 3 is 2.63 bits per heavy atom. The van der Waals surface area contributed by atoms with Crippen molar-refractivity contribution in [1.29, 1.82) is 0 Å². The van der Waals surface area contributed by atoms with E-state index in [-0.39, 0.29) is 0 Å². The van der Waals surface area contributed by atoms with Crippen molar-refractivity contribution in [2.45, 2.75) is 19.4 Å². The van der Waals surface area contributed by atoms with Crippen molar-refractivity contribution < 1.29 is 9.47 Å². The third-order valence-electron chi connectivity index (χ3n) is 3.94. The summed E-state index contributed by atoms with van der Waals surface area (Å²) in [6, 6.07) is 6.20. The van der Waals surface area contributed by atoms with Crippen molar-refractivity contribution in [2.24, 2.45) is 5.41 Å². The second-order valence-corrected chi connectivity index (χ2v) is 5.61. The molecule has 0 bridgehead atoms. The minimum Gasteiger partial charge on any atom is -0.486 e. The van der Waals surface area contributed by atoms with Crippen molar-refractivity contribution in [3.05, 3.63) is 23.8 Å². The summed E-state index contributed by atoms with van der Waals surface area (Å²) in [4.78, 5) is 0. The Bertz CT molecular complexity index is 444. The van der Waals surface area contributed by atoms with Gasteiger partial charge in [0, 0.05) is 19.6 Å². The van der Waals surface area contributed by atoms with Crippen LogP contribution in [-0.2, 0) is 6.54 Å². The number of benzene rings is 1. The van der Waals surface area contributed by atoms with Crippen LogP contribution in [0, 0.1) is 5.41 Å². The smallest absolute Gasteiger partial charge is 0.161 e. The highest BCUT2D eigenvalue weighted by molar-refractivity contribution is 5.43. The number of hydrogen-bond acceptors (Lipinski definition) is 4. The van der Waals surface area contributed by atoms with E-state index in [1.807, 2.05) is 13.1 Å². The van der Waals surface area contributed by atoms with Crippen LogP contribution in [0.2, 0.25) is 0 Å². The second kappa shape index (κ2) is 5.39. The Labute approximate surface area is 114 Å². The Kier molecular flexibility index (Phi) is 3.62. The number of fused-ring (bicyclic) bond motifs is 1. The molecule has 0 atom stereocenters. The quantitative estimate of drug-likeness (QED) is 0.816. The molecule has 0 unspecified atom stereocenters. The van der Waals surface area contributed by atoms with Gasteiger partial charge in [0.1, 0.15) is 13.2 Å². The lowest BCUT2D eigenvalue weighted by Crippen LogP contribution is -2.31. The maximum Gasteiger partial charge on any atom is 0.161 e. The van der Waals surface area contributed by atoms with Gasteiger partial charge in [-0.2, -0.15) is 0 Å². The summed E-state index contributed by atoms with van der Waals surface area (Å²) < 4.78 is 11.1. The van der Waals surface area contributed by atoms with Crippen molar-refractivity contribution >= 4 is 0 Å². The summed E-state index contributed by atoms with van der Waals surface area (Å²) in [5, 5.41) is 6.84. The molecule has 19 heavy (non-hydrogen) atoms. The third kappa shape index (κ3) is 3.01. The molecule has 1 aromatic rings. The molecule has 2 N–H and O–H groups in total. The Morgan fingerprint density at radius 1 is 1.11 bits per heavy atom. The van der Waals surface area contributed by atoms with Crippen LogP contribution in [0.5, 0.6) is 11.5 Å². The van der Waals surface area contributed by atoms with Gasteiger partial charge in [-0.15, -0.1) is 0 Å². The van der Waals surface area contributed by atoms with Gasteiger partial charge < -0.3 is 20.1 Å². The van der Waals surface area contributed by atoms with Gasteiger partial charge >= 0.3 is 0 Å². The maximum absolute atomic E-state index is 5.60. The normalized spacial score (nSPS) is 19.2. The van der Waals surface area contributed by atoms with Crippen LogP contribution in [0.15, 0.2) is 18.2 Å². The second-order valence-electron chi connectivity index (χ2n) is 5.61. The number of ether oxygens (including phenoxy) is 2. The first kappa shape index (κ1) is 12.8. The van der Waals surface area contributed by atoms with Crippen molar-refractivity contribution in [2.75, 3.05) is 33.4 Å². The van der Waals surface area contributed by atoms with Crippen molar-refractivity contribution in [1.82, 2.24) is 10.6 Å². The van der Waals surface area contributed by atoms with Gasteiger partial charge in [-0.25, -0.2) is 0 Å². The molecular formula is C15H22N2O2. The van der Waals surface area contributed by atoms with E-state index in [4.69, 9.17) is 9.47 Å². The molecule has 1 fully saturated rings. The monoisotopic (exact) mass is 262 g/mol. The molecular weight excluding hydrogens is 240 g/mol. The predicted molar refractivity (Wildman–Crippen MR) is 74.7 cm³/mol. The SMILES string of the molecule is CNCC1(CNCc2ccc3c(c2)OCCO3)CC1. The maximum atomic E-state index is 5.60. The minimum atomic E-state index is 0.503. The minimum absolute atomic E-state index is 0.503. The fourth-order valence-corrected chi connectivity index (χ4v) is 2.64. The lowest BCUT2D eigenvalue weighted by molar-refractivity contribution is 0.171. The zero-order valence-electron chi connectivity index (χ0n) is 11.5. The first-order chi connectivity index (χ1) is 9.31. The van der Waals surface area contributed by atoms with Gasteiger partial charge in [0.2, 0.25) is 0 Å². The van der Waals surface area contributed by atoms with Crippen molar-refractivity contribution in [3.63, 3.8) is 0 Å². The number of nitrogens with one attached hydrogen (secondary N) is 2. The van der Waals surface area contributed by atoms with Crippen molar-refractivity contribution in [3.8, 4) is 11.5 Å². The molecule has 0 aromatic heterocycles. The summed E-state index contributed by atoms with van der Waals surface area (Å²) in [6.45, 7) is 4.39. The molecule has 1 aromatic carbocycles. The Morgan fingerprint density at radius 2 is 1.89 bits per heavy atom.